The van der Waals surface area contributed by atoms with Crippen LogP contribution in [-0.4, -0.2) is 28.8 Å². The number of hydrogen-bond acceptors (Lipinski definition) is 3. The van der Waals surface area contributed by atoms with Gasteiger partial charge >= 0.3 is 11.8 Å². The molecule has 0 saturated carbocycles. The molecule has 0 aliphatic carbocycles. The van der Waals surface area contributed by atoms with Crippen LogP contribution >= 0.6 is 0 Å². The van der Waals surface area contributed by atoms with Crippen molar-refractivity contribution in [3.05, 3.63) is 54.6 Å². The maximum absolute atomic E-state index is 12.5. The average molecular weight is 351 g/mol. The first-order valence-electron chi connectivity index (χ1n) is 9.10. The summed E-state index contributed by atoms with van der Waals surface area (Å²) in [5, 5.41) is 6.00. The zero-order valence-corrected chi connectivity index (χ0v) is 15.2. The van der Waals surface area contributed by atoms with Gasteiger partial charge in [0.1, 0.15) is 0 Å². The Kier molecular flexibility index (Phi) is 5.56. The first-order valence-corrected chi connectivity index (χ1v) is 9.10. The van der Waals surface area contributed by atoms with Crippen molar-refractivity contribution in [3.8, 4) is 0 Å². The fourth-order valence-electron chi connectivity index (χ4n) is 3.45. The second-order valence-corrected chi connectivity index (χ2v) is 6.86. The molecular weight excluding hydrogens is 326 g/mol. The van der Waals surface area contributed by atoms with Crippen molar-refractivity contribution in [2.75, 3.05) is 10.6 Å². The fraction of sp³-hybridized carbons (Fsp3) is 0.333. The summed E-state index contributed by atoms with van der Waals surface area (Å²) in [5.41, 5.74) is 2.52. The quantitative estimate of drug-likeness (QED) is 0.816. The molecule has 1 aliphatic rings. The molecule has 3 rings (SSSR count). The van der Waals surface area contributed by atoms with E-state index in [4.69, 9.17) is 0 Å². The van der Waals surface area contributed by atoms with E-state index in [1.807, 2.05) is 56.3 Å². The second-order valence-electron chi connectivity index (χ2n) is 6.86. The number of hydrogen-bond donors (Lipinski definition) is 2. The molecule has 5 nitrogen and oxygen atoms in total. The molecule has 1 fully saturated rings. The van der Waals surface area contributed by atoms with E-state index in [1.54, 1.807) is 17.0 Å². The molecule has 0 radical (unpaired) electrons. The van der Waals surface area contributed by atoms with Crippen LogP contribution in [0.3, 0.4) is 0 Å². The Morgan fingerprint density at radius 3 is 2.00 bits per heavy atom. The van der Waals surface area contributed by atoms with E-state index in [-0.39, 0.29) is 12.1 Å². The number of para-hydroxylation sites is 1. The lowest BCUT2D eigenvalue weighted by molar-refractivity contribution is -0.147. The minimum absolute atomic E-state index is 0.106. The number of likely N-dealkylation sites (tertiary alicyclic amines) is 1. The summed E-state index contributed by atoms with van der Waals surface area (Å²) in [6.07, 6.45) is 3.00. The summed E-state index contributed by atoms with van der Waals surface area (Å²) in [6.45, 7) is 4.01. The summed E-state index contributed by atoms with van der Waals surface area (Å²) in [6, 6.07) is 17.4. The van der Waals surface area contributed by atoms with Crippen molar-refractivity contribution in [1.29, 1.82) is 0 Å². The Hall–Kier alpha value is -2.82. The second kappa shape index (κ2) is 8.04. The number of anilines is 3. The number of carbonyl (C=O) groups excluding carboxylic acids is 2. The minimum Gasteiger partial charge on any atom is -0.356 e. The molecule has 2 N–H and O–H groups in total. The molecule has 2 amide bonds. The molecule has 1 heterocycles. The standard InChI is InChI=1S/C21H25N3O2/c1-15-7-6-8-16(2)24(15)21(26)20(25)23-19-13-11-18(12-14-19)22-17-9-4-3-5-10-17/h3-5,9-16,22H,6-8H2,1-2H3,(H,23,25). The van der Waals surface area contributed by atoms with Gasteiger partial charge < -0.3 is 15.5 Å². The molecule has 2 atom stereocenters. The number of carbonyl (C=O) groups is 2. The molecule has 0 aromatic heterocycles. The molecule has 2 unspecified atom stereocenters. The van der Waals surface area contributed by atoms with Gasteiger partial charge in [0.05, 0.1) is 0 Å². The van der Waals surface area contributed by atoms with Crippen LogP contribution in [-0.2, 0) is 9.59 Å². The van der Waals surface area contributed by atoms with E-state index in [2.05, 4.69) is 10.6 Å². The molecule has 2 aromatic rings. The van der Waals surface area contributed by atoms with Gasteiger partial charge in [0.25, 0.3) is 0 Å². The van der Waals surface area contributed by atoms with Gasteiger partial charge in [-0.1, -0.05) is 18.2 Å². The predicted molar refractivity (Wildman–Crippen MR) is 104 cm³/mol. The zero-order valence-electron chi connectivity index (χ0n) is 15.2. The third-order valence-corrected chi connectivity index (χ3v) is 4.83. The smallest absolute Gasteiger partial charge is 0.313 e. The van der Waals surface area contributed by atoms with Crippen molar-refractivity contribution < 1.29 is 9.59 Å². The maximum Gasteiger partial charge on any atom is 0.313 e. The predicted octanol–water partition coefficient (Wildman–Crippen LogP) is 4.16. The highest BCUT2D eigenvalue weighted by atomic mass is 16.2. The van der Waals surface area contributed by atoms with E-state index in [9.17, 15) is 9.59 Å². The van der Waals surface area contributed by atoms with Crippen molar-refractivity contribution in [1.82, 2.24) is 4.90 Å². The number of rotatable bonds is 3. The Morgan fingerprint density at radius 1 is 0.846 bits per heavy atom. The van der Waals surface area contributed by atoms with Crippen molar-refractivity contribution in [2.45, 2.75) is 45.2 Å². The summed E-state index contributed by atoms with van der Waals surface area (Å²) in [7, 11) is 0. The normalized spacial score (nSPS) is 19.7. The lowest BCUT2D eigenvalue weighted by atomic mass is 9.97. The first-order chi connectivity index (χ1) is 12.5. The van der Waals surface area contributed by atoms with Crippen LogP contribution in [0.25, 0.3) is 0 Å². The number of nitrogens with zero attached hydrogens (tertiary/aromatic N) is 1. The van der Waals surface area contributed by atoms with Crippen LogP contribution < -0.4 is 10.6 Å². The monoisotopic (exact) mass is 351 g/mol. The number of piperidine rings is 1. The molecule has 5 heteroatoms. The van der Waals surface area contributed by atoms with Gasteiger partial charge in [-0.05, 0) is 69.5 Å². The zero-order chi connectivity index (χ0) is 18.5. The van der Waals surface area contributed by atoms with Crippen LogP contribution in [0.15, 0.2) is 54.6 Å². The van der Waals surface area contributed by atoms with E-state index in [1.165, 1.54) is 0 Å². The van der Waals surface area contributed by atoms with Gasteiger partial charge in [0, 0.05) is 29.1 Å². The highest BCUT2D eigenvalue weighted by molar-refractivity contribution is 6.39. The Labute approximate surface area is 154 Å². The van der Waals surface area contributed by atoms with Crippen LogP contribution in [0.4, 0.5) is 17.1 Å². The van der Waals surface area contributed by atoms with Gasteiger partial charge in [-0.2, -0.15) is 0 Å². The highest BCUT2D eigenvalue weighted by Crippen LogP contribution is 2.23. The topological polar surface area (TPSA) is 61.4 Å². The SMILES string of the molecule is CC1CCCC(C)N1C(=O)C(=O)Nc1ccc(Nc2ccccc2)cc1. The largest absolute Gasteiger partial charge is 0.356 e. The molecular formula is C21H25N3O2. The van der Waals surface area contributed by atoms with Crippen LogP contribution in [0.1, 0.15) is 33.1 Å². The molecule has 26 heavy (non-hydrogen) atoms. The van der Waals surface area contributed by atoms with E-state index >= 15 is 0 Å². The third-order valence-electron chi connectivity index (χ3n) is 4.83. The number of amides is 2. The lowest BCUT2D eigenvalue weighted by Gasteiger charge is -2.38. The summed E-state index contributed by atoms with van der Waals surface area (Å²) < 4.78 is 0. The number of nitrogens with one attached hydrogen (secondary N) is 2. The maximum atomic E-state index is 12.5. The van der Waals surface area contributed by atoms with Gasteiger partial charge in [-0.15, -0.1) is 0 Å². The van der Waals surface area contributed by atoms with Gasteiger partial charge in [-0.3, -0.25) is 9.59 Å². The van der Waals surface area contributed by atoms with Crippen LogP contribution in [0, 0.1) is 0 Å². The lowest BCUT2D eigenvalue weighted by Crippen LogP contribution is -2.51. The third kappa shape index (κ3) is 4.23. The Bertz CT molecular complexity index is 749. The van der Waals surface area contributed by atoms with E-state index in [0.29, 0.717) is 5.69 Å². The number of benzene rings is 2. The first kappa shape index (κ1) is 18.0. The van der Waals surface area contributed by atoms with Crippen molar-refractivity contribution in [3.63, 3.8) is 0 Å². The molecule has 1 aliphatic heterocycles. The van der Waals surface area contributed by atoms with Crippen molar-refractivity contribution >= 4 is 28.9 Å². The van der Waals surface area contributed by atoms with Gasteiger partial charge in [-0.25, -0.2) is 0 Å². The van der Waals surface area contributed by atoms with Gasteiger partial charge in [0.2, 0.25) is 0 Å². The molecule has 1 saturated heterocycles. The molecule has 0 bridgehead atoms. The van der Waals surface area contributed by atoms with Gasteiger partial charge in [0.15, 0.2) is 0 Å². The van der Waals surface area contributed by atoms with E-state index < -0.39 is 11.8 Å². The highest BCUT2D eigenvalue weighted by Gasteiger charge is 2.32. The van der Waals surface area contributed by atoms with Crippen molar-refractivity contribution in [2.24, 2.45) is 0 Å². The summed E-state index contributed by atoms with van der Waals surface area (Å²) in [5.74, 6) is -1.02. The summed E-state index contributed by atoms with van der Waals surface area (Å²) >= 11 is 0. The van der Waals surface area contributed by atoms with E-state index in [0.717, 1.165) is 30.6 Å². The molecule has 0 spiro atoms. The summed E-state index contributed by atoms with van der Waals surface area (Å²) in [4.78, 5) is 26.6. The fourth-order valence-corrected chi connectivity index (χ4v) is 3.45. The molecule has 2 aromatic carbocycles. The van der Waals surface area contributed by atoms with Crippen LogP contribution in [0.5, 0.6) is 0 Å². The average Bonchev–Trinajstić information content (AvgIpc) is 2.64. The minimum atomic E-state index is -0.575. The molecule has 136 valence electrons. The Balaban J connectivity index is 1.61. The Morgan fingerprint density at radius 2 is 1.38 bits per heavy atom. The van der Waals surface area contributed by atoms with Crippen LogP contribution in [0.2, 0.25) is 0 Å².